The van der Waals surface area contributed by atoms with E-state index in [1.165, 1.54) is 0 Å². The summed E-state index contributed by atoms with van der Waals surface area (Å²) in [5, 5.41) is 11.4. The van der Waals surface area contributed by atoms with E-state index < -0.39 is 16.4 Å². The first-order chi connectivity index (χ1) is 10.1. The molecule has 4 nitrogen and oxygen atoms in total. The number of hydrogen-bond donors (Lipinski definition) is 1. The fraction of sp³-hybridized carbons (Fsp3) is 0.625. The molecule has 2 heterocycles. The fourth-order valence-corrected chi connectivity index (χ4v) is 5.87. The van der Waals surface area contributed by atoms with Crippen molar-refractivity contribution in [2.75, 3.05) is 14.2 Å². The SMILES string of the molecule is COc1ccc(C2(O)CC3CCCC(C2)S3=O)cc1OC. The Hall–Kier alpha value is -1.07. The van der Waals surface area contributed by atoms with E-state index in [4.69, 9.17) is 9.47 Å². The third-order valence-corrected chi connectivity index (χ3v) is 6.88. The molecule has 0 radical (unpaired) electrons. The second-order valence-corrected chi connectivity index (χ2v) is 8.00. The first kappa shape index (κ1) is 14.9. The Balaban J connectivity index is 1.94. The molecule has 2 atom stereocenters. The predicted molar refractivity (Wildman–Crippen MR) is 82.2 cm³/mol. The molecule has 2 bridgehead atoms. The summed E-state index contributed by atoms with van der Waals surface area (Å²) < 4.78 is 22.9. The van der Waals surface area contributed by atoms with E-state index in [9.17, 15) is 9.32 Å². The summed E-state index contributed by atoms with van der Waals surface area (Å²) in [7, 11) is 2.41. The summed E-state index contributed by atoms with van der Waals surface area (Å²) in [4.78, 5) is 0. The van der Waals surface area contributed by atoms with Gasteiger partial charge in [-0.25, -0.2) is 0 Å². The summed E-state index contributed by atoms with van der Waals surface area (Å²) in [5.74, 6) is 1.28. The highest BCUT2D eigenvalue weighted by Crippen LogP contribution is 2.45. The van der Waals surface area contributed by atoms with Crippen LogP contribution < -0.4 is 9.47 Å². The molecule has 3 rings (SSSR count). The molecule has 21 heavy (non-hydrogen) atoms. The molecule has 2 aliphatic rings. The monoisotopic (exact) mass is 310 g/mol. The molecule has 0 amide bonds. The molecule has 5 heteroatoms. The van der Waals surface area contributed by atoms with Gasteiger partial charge in [0.05, 0.1) is 19.8 Å². The molecule has 1 N–H and O–H groups in total. The van der Waals surface area contributed by atoms with Crippen LogP contribution in [0.2, 0.25) is 0 Å². The fourth-order valence-electron chi connectivity index (χ4n) is 3.64. The maximum atomic E-state index is 12.3. The zero-order valence-electron chi connectivity index (χ0n) is 12.5. The molecule has 2 fully saturated rings. The van der Waals surface area contributed by atoms with Crippen LogP contribution in [-0.2, 0) is 16.4 Å². The van der Waals surface area contributed by atoms with E-state index in [1.807, 2.05) is 18.2 Å². The Kier molecular flexibility index (Phi) is 3.97. The molecule has 0 spiro atoms. The van der Waals surface area contributed by atoms with E-state index in [1.54, 1.807) is 14.2 Å². The van der Waals surface area contributed by atoms with Crippen LogP contribution in [0.3, 0.4) is 0 Å². The van der Waals surface area contributed by atoms with Gasteiger partial charge in [-0.1, -0.05) is 12.5 Å². The van der Waals surface area contributed by atoms with Gasteiger partial charge < -0.3 is 14.6 Å². The van der Waals surface area contributed by atoms with Gasteiger partial charge in [0, 0.05) is 21.3 Å². The lowest BCUT2D eigenvalue weighted by Crippen LogP contribution is -2.47. The first-order valence-corrected chi connectivity index (χ1v) is 8.69. The number of ether oxygens (including phenoxy) is 2. The highest BCUT2D eigenvalue weighted by atomic mass is 32.2. The maximum Gasteiger partial charge on any atom is 0.161 e. The summed E-state index contributed by atoms with van der Waals surface area (Å²) in [5.41, 5.74) is -0.0582. The molecule has 2 aliphatic heterocycles. The van der Waals surface area contributed by atoms with Gasteiger partial charge >= 0.3 is 0 Å². The summed E-state index contributed by atoms with van der Waals surface area (Å²) in [6.45, 7) is 0. The molecule has 1 aromatic carbocycles. The third-order valence-electron chi connectivity index (χ3n) is 4.76. The summed E-state index contributed by atoms with van der Waals surface area (Å²) >= 11 is 0. The highest BCUT2D eigenvalue weighted by Gasteiger charge is 2.46. The second-order valence-electron chi connectivity index (χ2n) is 6.01. The van der Waals surface area contributed by atoms with Crippen LogP contribution in [-0.4, -0.2) is 34.0 Å². The lowest BCUT2D eigenvalue weighted by molar-refractivity contribution is 0.00632. The Morgan fingerprint density at radius 1 is 1.14 bits per heavy atom. The van der Waals surface area contributed by atoms with Gasteiger partial charge in [0.1, 0.15) is 0 Å². The van der Waals surface area contributed by atoms with Crippen LogP contribution in [0.15, 0.2) is 18.2 Å². The van der Waals surface area contributed by atoms with Gasteiger partial charge in [-0.15, -0.1) is 0 Å². The Morgan fingerprint density at radius 2 is 1.76 bits per heavy atom. The van der Waals surface area contributed by atoms with Crippen molar-refractivity contribution >= 4 is 10.8 Å². The number of aliphatic hydroxyl groups is 1. The van der Waals surface area contributed by atoms with Crippen LogP contribution in [0, 0.1) is 0 Å². The third kappa shape index (κ3) is 2.57. The van der Waals surface area contributed by atoms with Crippen LogP contribution >= 0.6 is 0 Å². The average Bonchev–Trinajstić information content (AvgIpc) is 2.48. The van der Waals surface area contributed by atoms with Crippen LogP contribution in [0.5, 0.6) is 11.5 Å². The summed E-state index contributed by atoms with van der Waals surface area (Å²) in [6, 6.07) is 5.57. The lowest BCUT2D eigenvalue weighted by atomic mass is 9.80. The molecular weight excluding hydrogens is 288 g/mol. The highest BCUT2D eigenvalue weighted by molar-refractivity contribution is 7.86. The van der Waals surface area contributed by atoms with E-state index in [2.05, 4.69) is 0 Å². The molecule has 0 saturated carbocycles. The van der Waals surface area contributed by atoms with E-state index in [-0.39, 0.29) is 10.5 Å². The molecule has 2 saturated heterocycles. The smallest absolute Gasteiger partial charge is 0.161 e. The first-order valence-electron chi connectivity index (χ1n) is 7.41. The number of fused-ring (bicyclic) bond motifs is 2. The van der Waals surface area contributed by atoms with E-state index >= 15 is 0 Å². The minimum absolute atomic E-state index is 0.121. The van der Waals surface area contributed by atoms with E-state index in [0.717, 1.165) is 24.8 Å². The largest absolute Gasteiger partial charge is 0.493 e. The van der Waals surface area contributed by atoms with Gasteiger partial charge in [-0.05, 0) is 43.4 Å². The van der Waals surface area contributed by atoms with Gasteiger partial charge in [0.15, 0.2) is 11.5 Å². The van der Waals surface area contributed by atoms with Crippen molar-refractivity contribution in [2.24, 2.45) is 0 Å². The van der Waals surface area contributed by atoms with Gasteiger partial charge in [0.25, 0.3) is 0 Å². The van der Waals surface area contributed by atoms with Crippen molar-refractivity contribution in [1.29, 1.82) is 0 Å². The van der Waals surface area contributed by atoms with Crippen molar-refractivity contribution in [3.8, 4) is 11.5 Å². The number of rotatable bonds is 3. The van der Waals surface area contributed by atoms with Gasteiger partial charge in [-0.2, -0.15) is 0 Å². The van der Waals surface area contributed by atoms with Crippen LogP contribution in [0.4, 0.5) is 0 Å². The van der Waals surface area contributed by atoms with Crippen LogP contribution in [0.1, 0.15) is 37.7 Å². The number of methoxy groups -OCH3 is 2. The van der Waals surface area contributed by atoms with Crippen molar-refractivity contribution in [3.63, 3.8) is 0 Å². The topological polar surface area (TPSA) is 55.8 Å². The Morgan fingerprint density at radius 3 is 2.33 bits per heavy atom. The molecule has 1 aromatic rings. The molecule has 116 valence electrons. The lowest BCUT2D eigenvalue weighted by Gasteiger charge is -2.43. The van der Waals surface area contributed by atoms with Crippen LogP contribution in [0.25, 0.3) is 0 Å². The van der Waals surface area contributed by atoms with Crippen molar-refractivity contribution in [1.82, 2.24) is 0 Å². The van der Waals surface area contributed by atoms with E-state index in [0.29, 0.717) is 24.3 Å². The zero-order chi connectivity index (χ0) is 15.0. The van der Waals surface area contributed by atoms with Crippen molar-refractivity contribution < 1.29 is 18.8 Å². The standard InChI is InChI=1S/C16H22O4S/c1-19-14-7-6-11(8-15(14)20-2)16(17)9-12-4-3-5-13(10-16)21(12)18/h6-8,12-13,17H,3-5,9-10H2,1-2H3. The minimum Gasteiger partial charge on any atom is -0.493 e. The molecule has 0 aliphatic carbocycles. The second kappa shape index (κ2) is 5.61. The van der Waals surface area contributed by atoms with Gasteiger partial charge in [0.2, 0.25) is 0 Å². The molecular formula is C16H22O4S. The average molecular weight is 310 g/mol. The minimum atomic E-state index is -0.900. The number of benzene rings is 1. The Labute approximate surface area is 127 Å². The Bertz CT molecular complexity index is 541. The summed E-state index contributed by atoms with van der Waals surface area (Å²) in [6.07, 6.45) is 4.19. The molecule has 2 unspecified atom stereocenters. The van der Waals surface area contributed by atoms with Crippen molar-refractivity contribution in [3.05, 3.63) is 23.8 Å². The quantitative estimate of drug-likeness (QED) is 0.931. The normalized spacial score (nSPS) is 35.3. The maximum absolute atomic E-state index is 12.3. The van der Waals surface area contributed by atoms with Crippen molar-refractivity contribution in [2.45, 2.75) is 48.2 Å². The predicted octanol–water partition coefficient (Wildman–Crippen LogP) is 2.36. The molecule has 0 aromatic heterocycles. The van der Waals surface area contributed by atoms with Gasteiger partial charge in [-0.3, -0.25) is 4.21 Å². The number of hydrogen-bond acceptors (Lipinski definition) is 4. The zero-order valence-corrected chi connectivity index (χ0v) is 13.3.